The Hall–Kier alpha value is -1.49. The van der Waals surface area contributed by atoms with E-state index in [1.165, 1.54) is 25.7 Å². The number of methoxy groups -OCH3 is 2. The lowest BCUT2D eigenvalue weighted by Gasteiger charge is -2.25. The van der Waals surface area contributed by atoms with Crippen LogP contribution in [0, 0.1) is 11.8 Å². The number of thiocarbonyl (C=S) groups is 1. The minimum atomic E-state index is 0.528. The van der Waals surface area contributed by atoms with E-state index in [0.29, 0.717) is 11.2 Å². The summed E-state index contributed by atoms with van der Waals surface area (Å²) >= 11 is 5.46. The first kappa shape index (κ1) is 14.4. The summed E-state index contributed by atoms with van der Waals surface area (Å²) in [5.41, 5.74) is 0.831. The number of nitrogens with one attached hydrogen (secondary N) is 2. The maximum Gasteiger partial charge on any atom is 0.171 e. The molecule has 2 bridgehead atoms. The van der Waals surface area contributed by atoms with Crippen molar-refractivity contribution in [2.75, 3.05) is 19.5 Å². The summed E-state index contributed by atoms with van der Waals surface area (Å²) in [5, 5.41) is 7.38. The van der Waals surface area contributed by atoms with Crippen molar-refractivity contribution < 1.29 is 9.47 Å². The molecule has 0 unspecified atom stereocenters. The van der Waals surface area contributed by atoms with Crippen LogP contribution in [0.25, 0.3) is 0 Å². The van der Waals surface area contributed by atoms with E-state index >= 15 is 0 Å². The molecule has 2 N–H and O–H groups in total. The zero-order valence-corrected chi connectivity index (χ0v) is 13.3. The summed E-state index contributed by atoms with van der Waals surface area (Å²) < 4.78 is 10.6. The lowest BCUT2D eigenvalue weighted by molar-refractivity contribution is 0.391. The SMILES string of the molecule is COc1ccc(OC)c(NC(=S)N[C@@H]2C[C@H]3CC[C@@H]2C3)c1. The number of anilines is 1. The Morgan fingerprint density at radius 2 is 2.05 bits per heavy atom. The second kappa shape index (κ2) is 6.10. The molecule has 21 heavy (non-hydrogen) atoms. The summed E-state index contributed by atoms with van der Waals surface area (Å²) in [6.45, 7) is 0. The molecule has 2 aliphatic carbocycles. The first-order valence-electron chi connectivity index (χ1n) is 7.49. The third-order valence-corrected chi connectivity index (χ3v) is 4.93. The molecular weight excluding hydrogens is 284 g/mol. The highest BCUT2D eigenvalue weighted by molar-refractivity contribution is 7.80. The van der Waals surface area contributed by atoms with Crippen LogP contribution in [0.5, 0.6) is 11.5 Å². The second-order valence-corrected chi connectivity index (χ2v) is 6.35. The normalized spacial score (nSPS) is 26.5. The van der Waals surface area contributed by atoms with E-state index in [1.807, 2.05) is 18.2 Å². The first-order valence-corrected chi connectivity index (χ1v) is 7.90. The van der Waals surface area contributed by atoms with Crippen molar-refractivity contribution >= 4 is 23.0 Å². The van der Waals surface area contributed by atoms with Gasteiger partial charge in [-0.2, -0.15) is 0 Å². The molecule has 2 fully saturated rings. The van der Waals surface area contributed by atoms with Crippen LogP contribution in [0.2, 0.25) is 0 Å². The highest BCUT2D eigenvalue weighted by atomic mass is 32.1. The molecule has 3 rings (SSSR count). The van der Waals surface area contributed by atoms with Gasteiger partial charge in [0, 0.05) is 12.1 Å². The van der Waals surface area contributed by atoms with Gasteiger partial charge in [0.2, 0.25) is 0 Å². The van der Waals surface area contributed by atoms with Gasteiger partial charge in [-0.05, 0) is 55.4 Å². The van der Waals surface area contributed by atoms with Gasteiger partial charge in [-0.25, -0.2) is 0 Å². The third-order valence-electron chi connectivity index (χ3n) is 4.71. The Morgan fingerprint density at radius 3 is 2.67 bits per heavy atom. The third kappa shape index (κ3) is 3.07. The standard InChI is InChI=1S/C16H22N2O2S/c1-19-12-5-6-15(20-2)14(9-12)18-16(21)17-13-8-10-3-4-11(13)7-10/h5-6,9-11,13H,3-4,7-8H2,1-2H3,(H2,17,18,21)/t10-,11+,13+/m0/s1. The second-order valence-electron chi connectivity index (χ2n) is 5.95. The Bertz CT molecular complexity index is 535. The number of rotatable bonds is 4. The fourth-order valence-corrected chi connectivity index (χ4v) is 3.92. The van der Waals surface area contributed by atoms with Crippen molar-refractivity contribution in [3.63, 3.8) is 0 Å². The van der Waals surface area contributed by atoms with Gasteiger partial charge >= 0.3 is 0 Å². The van der Waals surface area contributed by atoms with Crippen LogP contribution in [0.1, 0.15) is 25.7 Å². The highest BCUT2D eigenvalue weighted by Gasteiger charge is 2.39. The van der Waals surface area contributed by atoms with Gasteiger partial charge in [0.1, 0.15) is 11.5 Å². The maximum atomic E-state index is 5.46. The number of fused-ring (bicyclic) bond motifs is 2. The molecule has 1 aromatic rings. The van der Waals surface area contributed by atoms with Crippen molar-refractivity contribution in [3.05, 3.63) is 18.2 Å². The van der Waals surface area contributed by atoms with Crippen LogP contribution < -0.4 is 20.1 Å². The Morgan fingerprint density at radius 1 is 1.19 bits per heavy atom. The molecule has 0 saturated heterocycles. The number of hydrogen-bond donors (Lipinski definition) is 2. The van der Waals surface area contributed by atoms with E-state index in [4.69, 9.17) is 21.7 Å². The van der Waals surface area contributed by atoms with Crippen LogP contribution in [-0.2, 0) is 0 Å². The average Bonchev–Trinajstić information content (AvgIpc) is 3.09. The number of benzene rings is 1. The van der Waals surface area contributed by atoms with Crippen LogP contribution in [0.4, 0.5) is 5.69 Å². The van der Waals surface area contributed by atoms with Gasteiger partial charge in [0.15, 0.2) is 5.11 Å². The van der Waals surface area contributed by atoms with Crippen LogP contribution in [0.3, 0.4) is 0 Å². The van der Waals surface area contributed by atoms with Crippen molar-refractivity contribution in [2.45, 2.75) is 31.7 Å². The number of ether oxygens (including phenoxy) is 2. The predicted molar refractivity (Wildman–Crippen MR) is 88.1 cm³/mol. The van der Waals surface area contributed by atoms with Gasteiger partial charge < -0.3 is 20.1 Å². The molecule has 0 aliphatic heterocycles. The largest absolute Gasteiger partial charge is 0.497 e. The van der Waals surface area contributed by atoms with Gasteiger partial charge in [0.25, 0.3) is 0 Å². The van der Waals surface area contributed by atoms with Gasteiger partial charge in [-0.3, -0.25) is 0 Å². The van der Waals surface area contributed by atoms with Crippen LogP contribution in [-0.4, -0.2) is 25.4 Å². The molecule has 114 valence electrons. The minimum Gasteiger partial charge on any atom is -0.497 e. The summed E-state index contributed by atoms with van der Waals surface area (Å²) in [6.07, 6.45) is 5.35. The average molecular weight is 306 g/mol. The molecule has 3 atom stereocenters. The van der Waals surface area contributed by atoms with Gasteiger partial charge in [0.05, 0.1) is 19.9 Å². The smallest absolute Gasteiger partial charge is 0.171 e. The zero-order chi connectivity index (χ0) is 14.8. The summed E-state index contributed by atoms with van der Waals surface area (Å²) in [4.78, 5) is 0. The quantitative estimate of drug-likeness (QED) is 0.836. The number of hydrogen-bond acceptors (Lipinski definition) is 3. The molecular formula is C16H22N2O2S. The molecule has 4 nitrogen and oxygen atoms in total. The van der Waals surface area contributed by atoms with Crippen molar-refractivity contribution in [3.8, 4) is 11.5 Å². The molecule has 0 radical (unpaired) electrons. The molecule has 0 spiro atoms. The summed E-state index contributed by atoms with van der Waals surface area (Å²) in [5.74, 6) is 3.23. The van der Waals surface area contributed by atoms with E-state index < -0.39 is 0 Å². The Kier molecular flexibility index (Phi) is 4.19. The predicted octanol–water partition coefficient (Wildman–Crippen LogP) is 3.18. The van der Waals surface area contributed by atoms with E-state index in [0.717, 1.165) is 29.0 Å². The highest BCUT2D eigenvalue weighted by Crippen LogP contribution is 2.44. The van der Waals surface area contributed by atoms with Crippen molar-refractivity contribution in [1.29, 1.82) is 0 Å². The summed E-state index contributed by atoms with van der Waals surface area (Å²) in [6, 6.07) is 6.17. The monoisotopic (exact) mass is 306 g/mol. The van der Waals surface area contributed by atoms with Crippen LogP contribution >= 0.6 is 12.2 Å². The fourth-order valence-electron chi connectivity index (χ4n) is 3.66. The molecule has 5 heteroatoms. The molecule has 1 aromatic carbocycles. The van der Waals surface area contributed by atoms with E-state index in [9.17, 15) is 0 Å². The van der Waals surface area contributed by atoms with Crippen molar-refractivity contribution in [1.82, 2.24) is 5.32 Å². The molecule has 2 aliphatic rings. The van der Waals surface area contributed by atoms with Crippen LogP contribution in [0.15, 0.2) is 18.2 Å². The lowest BCUT2D eigenvalue weighted by Crippen LogP contribution is -2.40. The fraction of sp³-hybridized carbons (Fsp3) is 0.562. The van der Waals surface area contributed by atoms with Gasteiger partial charge in [-0.15, -0.1) is 0 Å². The molecule has 0 amide bonds. The first-order chi connectivity index (χ1) is 10.2. The maximum absolute atomic E-state index is 5.46. The minimum absolute atomic E-state index is 0.528. The lowest BCUT2D eigenvalue weighted by atomic mass is 9.96. The van der Waals surface area contributed by atoms with E-state index in [-0.39, 0.29) is 0 Å². The Labute approximate surface area is 131 Å². The molecule has 0 aromatic heterocycles. The topological polar surface area (TPSA) is 42.5 Å². The summed E-state index contributed by atoms with van der Waals surface area (Å²) in [7, 11) is 3.30. The molecule has 2 saturated carbocycles. The Balaban J connectivity index is 1.64. The van der Waals surface area contributed by atoms with E-state index in [1.54, 1.807) is 14.2 Å². The van der Waals surface area contributed by atoms with Gasteiger partial charge in [-0.1, -0.05) is 6.42 Å². The van der Waals surface area contributed by atoms with Crippen molar-refractivity contribution in [2.24, 2.45) is 11.8 Å². The molecule has 0 heterocycles. The van der Waals surface area contributed by atoms with E-state index in [2.05, 4.69) is 10.6 Å². The zero-order valence-electron chi connectivity index (χ0n) is 12.5.